The Morgan fingerprint density at radius 3 is 1.11 bits per heavy atom. The SMILES string of the molecule is C=C.CCOCC.c1ccc2c(c1)=c1ccccc1=2. The molecule has 0 aromatic heterocycles. The van der Waals surface area contributed by atoms with Gasteiger partial charge >= 0.3 is 0 Å². The molecular weight excluding hydrogens is 232 g/mol. The summed E-state index contributed by atoms with van der Waals surface area (Å²) < 4.78 is 4.83. The highest BCUT2D eigenvalue weighted by Gasteiger charge is 1.97. The van der Waals surface area contributed by atoms with Crippen molar-refractivity contribution in [2.75, 3.05) is 13.2 Å². The van der Waals surface area contributed by atoms with Crippen LogP contribution in [0.1, 0.15) is 13.8 Å². The van der Waals surface area contributed by atoms with Crippen LogP contribution in [-0.2, 0) is 4.74 Å². The lowest BCUT2D eigenvalue weighted by atomic mass is 10.0. The average molecular weight is 254 g/mol. The summed E-state index contributed by atoms with van der Waals surface area (Å²) in [5.74, 6) is 0. The second-order valence-electron chi connectivity index (χ2n) is 3.87. The van der Waals surface area contributed by atoms with Crippen LogP contribution < -0.4 is 0 Å². The van der Waals surface area contributed by atoms with Crippen LogP contribution in [0.4, 0.5) is 0 Å². The Morgan fingerprint density at radius 2 is 0.947 bits per heavy atom. The van der Waals surface area contributed by atoms with E-state index in [0.717, 1.165) is 13.2 Å². The van der Waals surface area contributed by atoms with Crippen LogP contribution in [0.3, 0.4) is 0 Å². The normalized spacial score (nSPS) is 9.58. The molecule has 0 unspecified atom stereocenters. The van der Waals surface area contributed by atoms with Gasteiger partial charge in [-0.2, -0.15) is 0 Å². The molecule has 0 amide bonds. The second-order valence-corrected chi connectivity index (χ2v) is 3.87. The first kappa shape index (κ1) is 15.2. The average Bonchev–Trinajstić information content (AvgIpc) is 2.48. The summed E-state index contributed by atoms with van der Waals surface area (Å²) in [5.41, 5.74) is 0. The maximum absolute atomic E-state index is 4.83. The highest BCUT2D eigenvalue weighted by molar-refractivity contribution is 5.28. The van der Waals surface area contributed by atoms with Gasteiger partial charge in [-0.15, -0.1) is 13.2 Å². The van der Waals surface area contributed by atoms with Gasteiger partial charge in [-0.3, -0.25) is 0 Å². The Hall–Kier alpha value is -1.86. The van der Waals surface area contributed by atoms with E-state index in [1.54, 1.807) is 0 Å². The van der Waals surface area contributed by atoms with E-state index in [1.807, 2.05) is 13.8 Å². The van der Waals surface area contributed by atoms with E-state index in [1.165, 1.54) is 20.9 Å². The highest BCUT2D eigenvalue weighted by atomic mass is 16.5. The van der Waals surface area contributed by atoms with E-state index in [9.17, 15) is 0 Å². The molecule has 0 N–H and O–H groups in total. The maximum atomic E-state index is 4.83. The lowest BCUT2D eigenvalue weighted by Crippen LogP contribution is -1.88. The fourth-order valence-electron chi connectivity index (χ4n) is 2.05. The number of rotatable bonds is 2. The van der Waals surface area contributed by atoms with Crippen LogP contribution in [0.15, 0.2) is 61.7 Å². The minimum absolute atomic E-state index is 0.844. The van der Waals surface area contributed by atoms with Gasteiger partial charge in [-0.05, 0) is 34.7 Å². The van der Waals surface area contributed by atoms with Crippen LogP contribution in [0, 0.1) is 20.9 Å². The van der Waals surface area contributed by atoms with Gasteiger partial charge < -0.3 is 4.74 Å². The Labute approximate surface area is 115 Å². The van der Waals surface area contributed by atoms with Gasteiger partial charge in [0, 0.05) is 13.2 Å². The van der Waals surface area contributed by atoms with Crippen LogP contribution in [0.5, 0.6) is 0 Å². The van der Waals surface area contributed by atoms with Gasteiger partial charge in [0.15, 0.2) is 0 Å². The molecule has 0 radical (unpaired) electrons. The number of ether oxygens (including phenoxy) is 1. The molecule has 1 heteroatoms. The van der Waals surface area contributed by atoms with Crippen LogP contribution in [0.25, 0.3) is 0 Å². The molecule has 0 heterocycles. The third-order valence-corrected chi connectivity index (χ3v) is 2.84. The molecular formula is C18H22O. The summed E-state index contributed by atoms with van der Waals surface area (Å²) in [7, 11) is 0. The van der Waals surface area contributed by atoms with Crippen molar-refractivity contribution >= 4 is 0 Å². The fourth-order valence-corrected chi connectivity index (χ4v) is 2.05. The molecule has 0 atom stereocenters. The summed E-state index contributed by atoms with van der Waals surface area (Å²) in [6, 6.07) is 17.1. The third-order valence-electron chi connectivity index (χ3n) is 2.84. The monoisotopic (exact) mass is 254 g/mol. The molecule has 0 bridgehead atoms. The van der Waals surface area contributed by atoms with Crippen molar-refractivity contribution in [1.29, 1.82) is 0 Å². The summed E-state index contributed by atoms with van der Waals surface area (Å²) >= 11 is 0. The molecule has 0 aliphatic heterocycles. The van der Waals surface area contributed by atoms with Gasteiger partial charge in [-0.1, -0.05) is 48.5 Å². The zero-order valence-electron chi connectivity index (χ0n) is 11.9. The first-order valence-electron chi connectivity index (χ1n) is 6.65. The minimum Gasteiger partial charge on any atom is -0.382 e. The standard InChI is InChI=1S/C12H8.C4H10O.C2H4/c1-2-6-10-9(5-1)11-7-3-4-8-12(10)11;1-3-5-4-2;1-2/h1-8H;3-4H2,1-2H3;1-2H2. The number of hydrogen-bond acceptors (Lipinski definition) is 1. The van der Waals surface area contributed by atoms with Crippen LogP contribution in [-0.4, -0.2) is 13.2 Å². The van der Waals surface area contributed by atoms with Crippen molar-refractivity contribution in [3.05, 3.63) is 82.6 Å². The molecule has 0 saturated heterocycles. The summed E-state index contributed by atoms with van der Waals surface area (Å²) in [4.78, 5) is 0. The van der Waals surface area contributed by atoms with Crippen molar-refractivity contribution in [3.63, 3.8) is 0 Å². The molecule has 3 rings (SSSR count). The Kier molecular flexibility index (Phi) is 6.62. The smallest absolute Gasteiger partial charge is 0.0437 e. The van der Waals surface area contributed by atoms with Crippen LogP contribution in [0.2, 0.25) is 0 Å². The number of benzene rings is 2. The van der Waals surface area contributed by atoms with Gasteiger partial charge in [0.05, 0.1) is 0 Å². The van der Waals surface area contributed by atoms with E-state index in [4.69, 9.17) is 4.74 Å². The lowest BCUT2D eigenvalue weighted by Gasteiger charge is -2.02. The molecule has 0 spiro atoms. The molecule has 0 saturated carbocycles. The second kappa shape index (κ2) is 8.28. The predicted molar refractivity (Wildman–Crippen MR) is 81.6 cm³/mol. The predicted octanol–water partition coefficient (Wildman–Crippen LogP) is 4.42. The quantitative estimate of drug-likeness (QED) is 0.615. The lowest BCUT2D eigenvalue weighted by molar-refractivity contribution is 0.162. The largest absolute Gasteiger partial charge is 0.382 e. The summed E-state index contributed by atoms with van der Waals surface area (Å²) in [6.07, 6.45) is 0. The van der Waals surface area contributed by atoms with Crippen molar-refractivity contribution in [3.8, 4) is 0 Å². The van der Waals surface area contributed by atoms with E-state index < -0.39 is 0 Å². The maximum Gasteiger partial charge on any atom is 0.0437 e. The number of fused-ring (bicyclic) bond motifs is 2. The summed E-state index contributed by atoms with van der Waals surface area (Å²) in [6.45, 7) is 11.7. The molecule has 2 aromatic rings. The van der Waals surface area contributed by atoms with Gasteiger partial charge in [-0.25, -0.2) is 0 Å². The fraction of sp³-hybridized carbons (Fsp3) is 0.222. The molecule has 1 aliphatic carbocycles. The minimum atomic E-state index is 0.844. The topological polar surface area (TPSA) is 9.23 Å². The molecule has 1 nitrogen and oxygen atoms in total. The van der Waals surface area contributed by atoms with Crippen molar-refractivity contribution in [2.45, 2.75) is 13.8 Å². The van der Waals surface area contributed by atoms with E-state index in [0.29, 0.717) is 0 Å². The van der Waals surface area contributed by atoms with E-state index in [-0.39, 0.29) is 0 Å². The Balaban J connectivity index is 0.000000223. The van der Waals surface area contributed by atoms with E-state index in [2.05, 4.69) is 61.7 Å². The highest BCUT2D eigenvalue weighted by Crippen LogP contribution is 2.11. The molecule has 100 valence electrons. The van der Waals surface area contributed by atoms with Gasteiger partial charge in [0.1, 0.15) is 0 Å². The van der Waals surface area contributed by atoms with Gasteiger partial charge in [0.25, 0.3) is 0 Å². The molecule has 1 aliphatic rings. The first-order chi connectivity index (χ1) is 9.38. The van der Waals surface area contributed by atoms with Crippen molar-refractivity contribution in [1.82, 2.24) is 0 Å². The first-order valence-corrected chi connectivity index (χ1v) is 6.65. The summed E-state index contributed by atoms with van der Waals surface area (Å²) in [5, 5.41) is 5.59. The third kappa shape index (κ3) is 3.55. The Bertz CT molecular complexity index is 537. The zero-order valence-corrected chi connectivity index (χ0v) is 11.9. The van der Waals surface area contributed by atoms with Crippen molar-refractivity contribution < 1.29 is 4.74 Å². The molecule has 0 fully saturated rings. The van der Waals surface area contributed by atoms with Crippen LogP contribution >= 0.6 is 0 Å². The van der Waals surface area contributed by atoms with Gasteiger partial charge in [0.2, 0.25) is 0 Å². The number of hydrogen-bond donors (Lipinski definition) is 0. The molecule has 2 aromatic carbocycles. The molecule has 19 heavy (non-hydrogen) atoms. The Morgan fingerprint density at radius 1 is 0.684 bits per heavy atom. The van der Waals surface area contributed by atoms with Crippen molar-refractivity contribution in [2.24, 2.45) is 0 Å². The zero-order chi connectivity index (χ0) is 14.1. The van der Waals surface area contributed by atoms with E-state index >= 15 is 0 Å².